The van der Waals surface area contributed by atoms with Gasteiger partial charge in [-0.15, -0.1) is 12.6 Å². The topological polar surface area (TPSA) is 0 Å². The molecule has 5 aromatic carbocycles. The molecule has 0 atom stereocenters. The van der Waals surface area contributed by atoms with E-state index in [2.05, 4.69) is 219 Å². The fraction of sp³-hybridized carbons (Fsp3) is 0.179. The molecule has 0 aliphatic heterocycles. The Hall–Kier alpha value is -5.63. The van der Waals surface area contributed by atoms with Gasteiger partial charge in [-0.05, 0) is 159 Å². The van der Waals surface area contributed by atoms with Crippen molar-refractivity contribution < 1.29 is 0 Å². The van der Waals surface area contributed by atoms with E-state index in [4.69, 9.17) is 12.6 Å². The van der Waals surface area contributed by atoms with Crippen molar-refractivity contribution in [1.29, 1.82) is 0 Å². The Morgan fingerprint density at radius 3 is 1.98 bits per heavy atom. The predicted molar refractivity (Wildman–Crippen MR) is 256 cm³/mol. The van der Waals surface area contributed by atoms with Crippen molar-refractivity contribution in [2.24, 2.45) is 0 Å². The molecule has 0 bridgehead atoms. The zero-order valence-corrected chi connectivity index (χ0v) is 35.7. The van der Waals surface area contributed by atoms with E-state index >= 15 is 0 Å². The Bertz CT molecular complexity index is 2610. The average molecular weight is 761 g/mol. The minimum absolute atomic E-state index is 0.116. The lowest BCUT2D eigenvalue weighted by molar-refractivity contribution is 0.660. The van der Waals surface area contributed by atoms with Gasteiger partial charge in [0.15, 0.2) is 0 Å². The molecule has 0 spiro atoms. The summed E-state index contributed by atoms with van der Waals surface area (Å²) in [6.45, 7) is 24.4. The van der Waals surface area contributed by atoms with Crippen LogP contribution in [0.5, 0.6) is 0 Å². The zero-order chi connectivity index (χ0) is 40.7. The second-order valence-electron chi connectivity index (χ2n) is 15.5. The van der Waals surface area contributed by atoms with Crippen molar-refractivity contribution in [1.82, 2.24) is 0 Å². The van der Waals surface area contributed by atoms with Crippen LogP contribution in [0, 0.1) is 0 Å². The third-order valence-electron chi connectivity index (χ3n) is 11.3. The van der Waals surface area contributed by atoms with E-state index in [1.807, 2.05) is 0 Å². The van der Waals surface area contributed by atoms with E-state index in [1.165, 1.54) is 60.7 Å². The monoisotopic (exact) mass is 760 g/mol. The van der Waals surface area contributed by atoms with Gasteiger partial charge < -0.3 is 0 Å². The van der Waals surface area contributed by atoms with E-state index < -0.39 is 0 Å². The summed E-state index contributed by atoms with van der Waals surface area (Å²) in [5, 5.41) is 4.79. The van der Waals surface area contributed by atoms with Crippen molar-refractivity contribution in [2.45, 2.75) is 71.6 Å². The lowest BCUT2D eigenvalue weighted by Crippen LogP contribution is -2.15. The van der Waals surface area contributed by atoms with Crippen molar-refractivity contribution >= 4 is 50.9 Å². The van der Waals surface area contributed by atoms with Crippen molar-refractivity contribution in [3.05, 3.63) is 215 Å². The highest BCUT2D eigenvalue weighted by Gasteiger charge is 2.37. The molecule has 57 heavy (non-hydrogen) atoms. The predicted octanol–water partition coefficient (Wildman–Crippen LogP) is 16.6. The molecule has 0 saturated carbocycles. The molecule has 5 aromatic rings. The maximum absolute atomic E-state index is 4.94. The van der Waals surface area contributed by atoms with Gasteiger partial charge in [-0.25, -0.2) is 0 Å². The van der Waals surface area contributed by atoms with Crippen LogP contribution in [0.15, 0.2) is 198 Å². The Kier molecular flexibility index (Phi) is 13.0. The first kappa shape index (κ1) is 41.0. The quantitative estimate of drug-likeness (QED) is 0.106. The molecule has 0 heterocycles. The van der Waals surface area contributed by atoms with Crippen LogP contribution >= 0.6 is 12.6 Å². The minimum atomic E-state index is -0.116. The van der Waals surface area contributed by atoms with Crippen LogP contribution in [-0.2, 0) is 5.41 Å². The van der Waals surface area contributed by atoms with Crippen LogP contribution < -0.4 is 0 Å². The highest BCUT2D eigenvalue weighted by molar-refractivity contribution is 7.80. The number of allylic oxidation sites excluding steroid dienone is 14. The van der Waals surface area contributed by atoms with Gasteiger partial charge in [0, 0.05) is 10.3 Å². The van der Waals surface area contributed by atoms with Gasteiger partial charge in [-0.3, -0.25) is 0 Å². The fourth-order valence-electron chi connectivity index (χ4n) is 8.14. The molecule has 0 unspecified atom stereocenters. The second-order valence-corrected chi connectivity index (χ2v) is 16.0. The Morgan fingerprint density at radius 2 is 1.32 bits per heavy atom. The van der Waals surface area contributed by atoms with Crippen LogP contribution in [0.4, 0.5) is 0 Å². The lowest BCUT2D eigenvalue weighted by Gasteiger charge is -2.22. The van der Waals surface area contributed by atoms with Gasteiger partial charge in [0.25, 0.3) is 0 Å². The molecule has 0 amide bonds. The summed E-state index contributed by atoms with van der Waals surface area (Å²) < 4.78 is 0. The maximum Gasteiger partial charge on any atom is 0.0155 e. The van der Waals surface area contributed by atoms with Crippen LogP contribution in [-0.4, -0.2) is 0 Å². The zero-order valence-electron chi connectivity index (χ0n) is 34.8. The van der Waals surface area contributed by atoms with Gasteiger partial charge in [-0.2, -0.15) is 0 Å². The van der Waals surface area contributed by atoms with E-state index in [-0.39, 0.29) is 5.41 Å². The first-order valence-electron chi connectivity index (χ1n) is 20.1. The van der Waals surface area contributed by atoms with Crippen molar-refractivity contribution in [3.8, 4) is 11.1 Å². The van der Waals surface area contributed by atoms with Gasteiger partial charge in [0.05, 0.1) is 0 Å². The van der Waals surface area contributed by atoms with E-state index in [0.717, 1.165) is 51.0 Å². The number of rotatable bonds is 10. The van der Waals surface area contributed by atoms with E-state index in [1.54, 1.807) is 0 Å². The molecule has 0 aromatic heterocycles. The van der Waals surface area contributed by atoms with Crippen LogP contribution in [0.1, 0.15) is 83.6 Å². The van der Waals surface area contributed by atoms with E-state index in [9.17, 15) is 0 Å². The number of fused-ring (bicyclic) bond motifs is 3. The third-order valence-corrected chi connectivity index (χ3v) is 11.7. The van der Waals surface area contributed by atoms with Crippen LogP contribution in [0.3, 0.4) is 0 Å². The number of thiol groups is 1. The molecule has 1 heteroatoms. The normalized spacial score (nSPS) is 15.8. The van der Waals surface area contributed by atoms with Crippen molar-refractivity contribution in [2.75, 3.05) is 0 Å². The molecular weight excluding hydrogens is 705 g/mol. The smallest absolute Gasteiger partial charge is 0.0155 e. The summed E-state index contributed by atoms with van der Waals surface area (Å²) in [5.74, 6) is 0. The van der Waals surface area contributed by atoms with Crippen LogP contribution in [0.25, 0.3) is 49.4 Å². The third kappa shape index (κ3) is 8.85. The number of hydrogen-bond donors (Lipinski definition) is 1. The molecule has 0 fully saturated rings. The molecule has 0 N–H and O–H groups in total. The summed E-state index contributed by atoms with van der Waals surface area (Å²) in [4.78, 5) is 0.998. The number of hydrogen-bond acceptors (Lipinski definition) is 1. The summed E-state index contributed by atoms with van der Waals surface area (Å²) in [5.41, 5.74) is 15.4. The highest BCUT2D eigenvalue weighted by atomic mass is 32.1. The molecular formula is C56H56S. The van der Waals surface area contributed by atoms with Crippen molar-refractivity contribution in [3.63, 3.8) is 0 Å². The summed E-state index contributed by atoms with van der Waals surface area (Å²) in [6, 6.07) is 41.4. The number of benzene rings is 4. The lowest BCUT2D eigenvalue weighted by atomic mass is 9.81. The standard InChI is InChI=1S/C56H56S/c1-10-13-23-38(4)39(5)32-40(6)46-26-19-14-15-20-27-47(49-29-22-21-28-48(46)49)41(7)33-42(11-2)30-31-50-52-35-44-34-51(43-24-17-16-18-25-43)55(57)37-45(44)36-54(52)56(8,9)53(50)12-3/h11-29,31-37,57H,4,6,10,30H2,1-3,5,7-9H3/b15-14?,19-14?,20-15?,23-13-,26-19?,27-20?,39-32-,41-33+,42-11-,46-26?,47-27?,48-46?,49-47?,50-31-,53-12+. The molecule has 1 aliphatic rings. The molecule has 0 saturated heterocycles. The SMILES string of the molecule is C=C(/C=C\CC)/C(C)=C\C(=C)c1ccccccc(/C(C)=C/C(=C\C)C/C=C2\C(=C/C)C(C)(C)c3cc4cc(S)c(-c5ccccc5)cc4cc32)c2ccccc12. The minimum Gasteiger partial charge on any atom is -0.143 e. The average Bonchev–Trinajstić information content (AvgIpc) is 3.42. The van der Waals surface area contributed by atoms with Gasteiger partial charge >= 0.3 is 0 Å². The largest absolute Gasteiger partial charge is 0.143 e. The van der Waals surface area contributed by atoms with Gasteiger partial charge in [-0.1, -0.05) is 167 Å². The molecule has 0 radical (unpaired) electrons. The Balaban J connectivity index is 1.42. The highest BCUT2D eigenvalue weighted by Crippen LogP contribution is 2.51. The van der Waals surface area contributed by atoms with Crippen LogP contribution in [0.2, 0.25) is 0 Å². The second kappa shape index (κ2) is 18.1. The Labute approximate surface area is 347 Å². The summed E-state index contributed by atoms with van der Waals surface area (Å²) in [7, 11) is 0. The molecule has 286 valence electrons. The Morgan fingerprint density at radius 1 is 0.719 bits per heavy atom. The molecule has 6 rings (SSSR count). The fourth-order valence-corrected chi connectivity index (χ4v) is 8.47. The maximum atomic E-state index is 4.94. The first-order chi connectivity index (χ1) is 27.5. The van der Waals surface area contributed by atoms with E-state index in [0.29, 0.717) is 0 Å². The summed E-state index contributed by atoms with van der Waals surface area (Å²) in [6.07, 6.45) is 17.6. The van der Waals surface area contributed by atoms with Gasteiger partial charge in [0.1, 0.15) is 0 Å². The molecule has 1 aliphatic carbocycles. The van der Waals surface area contributed by atoms with Gasteiger partial charge in [0.2, 0.25) is 0 Å². The first-order valence-corrected chi connectivity index (χ1v) is 20.6. The summed E-state index contributed by atoms with van der Waals surface area (Å²) >= 11 is 4.94. The molecule has 0 nitrogen and oxygen atoms in total.